The van der Waals surface area contributed by atoms with Gasteiger partial charge in [-0.1, -0.05) is 41.9 Å². The van der Waals surface area contributed by atoms with Crippen molar-refractivity contribution in [1.82, 2.24) is 24.6 Å². The quantitative estimate of drug-likeness (QED) is 0.477. The van der Waals surface area contributed by atoms with Crippen molar-refractivity contribution in [3.8, 4) is 16.9 Å². The molecule has 0 aliphatic carbocycles. The molecule has 4 aromatic rings. The van der Waals surface area contributed by atoms with Crippen LogP contribution in [0, 0.1) is 0 Å². The van der Waals surface area contributed by atoms with E-state index in [1.807, 2.05) is 65.7 Å². The highest BCUT2D eigenvalue weighted by Gasteiger charge is 2.27. The molecule has 0 bridgehead atoms. The third kappa shape index (κ3) is 4.07. The molecule has 3 heterocycles. The maximum atomic E-state index is 13.5. The fourth-order valence-corrected chi connectivity index (χ4v) is 3.92. The zero-order valence-electron chi connectivity index (χ0n) is 17.3. The SMILES string of the molecule is O=C(c1cn(-c2ccccc2)nc1-c1ccc(Cl)cc1)N1CCN(c2ncccn2)CC1. The number of piperazine rings is 1. The lowest BCUT2D eigenvalue weighted by atomic mass is 10.1. The van der Waals surface area contributed by atoms with Gasteiger partial charge in [0.05, 0.1) is 11.3 Å². The summed E-state index contributed by atoms with van der Waals surface area (Å²) in [6.07, 6.45) is 5.28. The fraction of sp³-hybridized carbons (Fsp3) is 0.167. The number of rotatable bonds is 4. The summed E-state index contributed by atoms with van der Waals surface area (Å²) in [5.41, 5.74) is 2.96. The van der Waals surface area contributed by atoms with Crippen LogP contribution in [0.1, 0.15) is 10.4 Å². The summed E-state index contributed by atoms with van der Waals surface area (Å²) in [4.78, 5) is 26.1. The van der Waals surface area contributed by atoms with Gasteiger partial charge < -0.3 is 9.80 Å². The van der Waals surface area contributed by atoms with Crippen molar-refractivity contribution < 1.29 is 4.79 Å². The number of nitrogens with zero attached hydrogens (tertiary/aromatic N) is 6. The first-order valence-corrected chi connectivity index (χ1v) is 10.8. The second-order valence-corrected chi connectivity index (χ2v) is 7.94. The number of hydrogen-bond donors (Lipinski definition) is 0. The molecule has 8 heteroatoms. The Labute approximate surface area is 190 Å². The van der Waals surface area contributed by atoms with E-state index in [2.05, 4.69) is 14.9 Å². The van der Waals surface area contributed by atoms with E-state index < -0.39 is 0 Å². The highest BCUT2D eigenvalue weighted by molar-refractivity contribution is 6.30. The second kappa shape index (κ2) is 8.80. The molecule has 0 radical (unpaired) electrons. The van der Waals surface area contributed by atoms with Crippen molar-refractivity contribution in [2.24, 2.45) is 0 Å². The van der Waals surface area contributed by atoms with Gasteiger partial charge in [-0.05, 0) is 30.3 Å². The van der Waals surface area contributed by atoms with Crippen molar-refractivity contribution in [1.29, 1.82) is 0 Å². The molecule has 0 atom stereocenters. The molecule has 0 unspecified atom stereocenters. The van der Waals surface area contributed by atoms with E-state index in [0.29, 0.717) is 48.4 Å². The lowest BCUT2D eigenvalue weighted by molar-refractivity contribution is 0.0747. The van der Waals surface area contributed by atoms with Gasteiger partial charge >= 0.3 is 0 Å². The lowest BCUT2D eigenvalue weighted by Gasteiger charge is -2.34. The van der Waals surface area contributed by atoms with Gasteiger partial charge in [-0.3, -0.25) is 4.79 Å². The Bertz CT molecular complexity index is 1200. The maximum absolute atomic E-state index is 13.5. The zero-order valence-corrected chi connectivity index (χ0v) is 18.1. The Kier molecular flexibility index (Phi) is 5.56. The van der Waals surface area contributed by atoms with Crippen molar-refractivity contribution >= 4 is 23.5 Å². The smallest absolute Gasteiger partial charge is 0.257 e. The van der Waals surface area contributed by atoms with Crippen LogP contribution in [0.5, 0.6) is 0 Å². The Morgan fingerprint density at radius 2 is 1.53 bits per heavy atom. The number of halogens is 1. The summed E-state index contributed by atoms with van der Waals surface area (Å²) < 4.78 is 1.76. The molecule has 1 aliphatic heterocycles. The molecule has 1 saturated heterocycles. The van der Waals surface area contributed by atoms with Crippen LogP contribution in [0.25, 0.3) is 16.9 Å². The average molecular weight is 445 g/mol. The highest BCUT2D eigenvalue weighted by atomic mass is 35.5. The van der Waals surface area contributed by atoms with Gasteiger partial charge in [-0.25, -0.2) is 14.6 Å². The Morgan fingerprint density at radius 1 is 0.844 bits per heavy atom. The topological polar surface area (TPSA) is 67.2 Å². The van der Waals surface area contributed by atoms with E-state index in [9.17, 15) is 4.79 Å². The number of aromatic nitrogens is 4. The Morgan fingerprint density at radius 3 is 2.22 bits per heavy atom. The van der Waals surface area contributed by atoms with E-state index in [4.69, 9.17) is 16.7 Å². The molecule has 1 fully saturated rings. The minimum absolute atomic E-state index is 0.0363. The molecule has 160 valence electrons. The molecular weight excluding hydrogens is 424 g/mol. The van der Waals surface area contributed by atoms with Crippen LogP contribution >= 0.6 is 11.6 Å². The highest BCUT2D eigenvalue weighted by Crippen LogP contribution is 2.27. The molecule has 0 N–H and O–H groups in total. The molecule has 0 spiro atoms. The summed E-state index contributed by atoms with van der Waals surface area (Å²) in [5.74, 6) is 0.657. The first-order valence-electron chi connectivity index (χ1n) is 10.4. The molecule has 7 nitrogen and oxygen atoms in total. The Hall–Kier alpha value is -3.71. The number of para-hydroxylation sites is 1. The van der Waals surface area contributed by atoms with Gasteiger partial charge in [0.25, 0.3) is 5.91 Å². The molecule has 5 rings (SSSR count). The van der Waals surface area contributed by atoms with E-state index >= 15 is 0 Å². The van der Waals surface area contributed by atoms with Crippen LogP contribution in [0.2, 0.25) is 5.02 Å². The molecular formula is C24H21ClN6O. The van der Waals surface area contributed by atoms with Crippen molar-refractivity contribution in [2.75, 3.05) is 31.1 Å². The first kappa shape index (κ1) is 20.2. The van der Waals surface area contributed by atoms with Gasteiger partial charge in [0.2, 0.25) is 5.95 Å². The molecule has 2 aromatic carbocycles. The molecule has 32 heavy (non-hydrogen) atoms. The minimum atomic E-state index is -0.0363. The van der Waals surface area contributed by atoms with Crippen LogP contribution in [0.4, 0.5) is 5.95 Å². The number of anilines is 1. The van der Waals surface area contributed by atoms with Crippen LogP contribution in [-0.4, -0.2) is 56.7 Å². The molecule has 2 aromatic heterocycles. The number of hydrogen-bond acceptors (Lipinski definition) is 5. The van der Waals surface area contributed by atoms with E-state index in [-0.39, 0.29) is 5.91 Å². The third-order valence-corrected chi connectivity index (χ3v) is 5.74. The average Bonchev–Trinajstić information content (AvgIpc) is 3.31. The van der Waals surface area contributed by atoms with Gasteiger partial charge in [0.1, 0.15) is 5.69 Å². The van der Waals surface area contributed by atoms with Crippen LogP contribution in [-0.2, 0) is 0 Å². The normalized spacial score (nSPS) is 13.9. The summed E-state index contributed by atoms with van der Waals surface area (Å²) in [7, 11) is 0. The van der Waals surface area contributed by atoms with Crippen molar-refractivity contribution in [3.05, 3.63) is 89.8 Å². The van der Waals surface area contributed by atoms with Crippen LogP contribution in [0.3, 0.4) is 0 Å². The van der Waals surface area contributed by atoms with Crippen LogP contribution < -0.4 is 4.90 Å². The second-order valence-electron chi connectivity index (χ2n) is 7.51. The summed E-state index contributed by atoms with van der Waals surface area (Å²) in [6, 6.07) is 19.0. The fourth-order valence-electron chi connectivity index (χ4n) is 3.80. The molecule has 0 saturated carbocycles. The number of amides is 1. The van der Waals surface area contributed by atoms with Gasteiger partial charge in [-0.15, -0.1) is 0 Å². The molecule has 1 aliphatic rings. The van der Waals surface area contributed by atoms with Crippen molar-refractivity contribution in [2.45, 2.75) is 0 Å². The standard InChI is InChI=1S/C24H21ClN6O/c25-19-9-7-18(8-10-19)22-21(17-31(28-22)20-5-2-1-3-6-20)23(32)29-13-15-30(16-14-29)24-26-11-4-12-27-24/h1-12,17H,13-16H2. The first-order chi connectivity index (χ1) is 15.7. The van der Waals surface area contributed by atoms with Gasteiger partial charge in [0, 0.05) is 55.4 Å². The number of carbonyl (C=O) groups is 1. The molecule has 1 amide bonds. The van der Waals surface area contributed by atoms with Crippen LogP contribution in [0.15, 0.2) is 79.3 Å². The summed E-state index contributed by atoms with van der Waals surface area (Å²) >= 11 is 6.07. The third-order valence-electron chi connectivity index (χ3n) is 5.48. The predicted molar refractivity (Wildman–Crippen MR) is 124 cm³/mol. The van der Waals surface area contributed by atoms with Gasteiger partial charge in [0.15, 0.2) is 0 Å². The minimum Gasteiger partial charge on any atom is -0.337 e. The summed E-state index contributed by atoms with van der Waals surface area (Å²) in [6.45, 7) is 2.54. The van der Waals surface area contributed by atoms with Gasteiger partial charge in [-0.2, -0.15) is 5.10 Å². The van der Waals surface area contributed by atoms with Crippen molar-refractivity contribution in [3.63, 3.8) is 0 Å². The maximum Gasteiger partial charge on any atom is 0.257 e. The van der Waals surface area contributed by atoms with E-state index in [1.165, 1.54) is 0 Å². The van der Waals surface area contributed by atoms with E-state index in [1.54, 1.807) is 23.1 Å². The summed E-state index contributed by atoms with van der Waals surface area (Å²) in [5, 5.41) is 5.40. The number of benzene rings is 2. The number of carbonyl (C=O) groups excluding carboxylic acids is 1. The monoisotopic (exact) mass is 444 g/mol. The predicted octanol–water partition coefficient (Wildman–Crippen LogP) is 3.95. The van der Waals surface area contributed by atoms with E-state index in [0.717, 1.165) is 11.3 Å². The Balaban J connectivity index is 1.43. The lowest BCUT2D eigenvalue weighted by Crippen LogP contribution is -2.49. The zero-order chi connectivity index (χ0) is 21.9. The largest absolute Gasteiger partial charge is 0.337 e.